The molecule has 1 heterocycles. The molecule has 0 aliphatic rings. The highest BCUT2D eigenvalue weighted by Gasteiger charge is 2.11. The van der Waals surface area contributed by atoms with Gasteiger partial charge in [0.05, 0.1) is 24.9 Å². The lowest BCUT2D eigenvalue weighted by Gasteiger charge is -2.14. The van der Waals surface area contributed by atoms with Crippen LogP contribution in [0.1, 0.15) is 6.92 Å². The molecule has 0 atom stereocenters. The third-order valence-electron chi connectivity index (χ3n) is 4.46. The van der Waals surface area contributed by atoms with Crippen LogP contribution in [0.4, 0.5) is 17.2 Å². The van der Waals surface area contributed by atoms with Gasteiger partial charge in [0, 0.05) is 23.2 Å². The molecule has 0 saturated carbocycles. The van der Waals surface area contributed by atoms with Crippen molar-refractivity contribution in [2.24, 2.45) is 0 Å². The number of fused-ring (bicyclic) bond motifs is 1. The van der Waals surface area contributed by atoms with Crippen LogP contribution in [-0.4, -0.2) is 23.7 Å². The van der Waals surface area contributed by atoms with Crippen molar-refractivity contribution < 1.29 is 14.2 Å². The molecule has 152 valence electrons. The zero-order chi connectivity index (χ0) is 20.9. The van der Waals surface area contributed by atoms with Crippen LogP contribution >= 0.6 is 0 Å². The Kier molecular flexibility index (Phi) is 5.52. The Balaban J connectivity index is 1.64. The molecule has 30 heavy (non-hydrogen) atoms. The minimum absolute atomic E-state index is 0.531. The summed E-state index contributed by atoms with van der Waals surface area (Å²) in [5.41, 5.74) is 8.19. The number of nitrogens with zero attached hydrogens (tertiary/aromatic N) is 2. The molecule has 0 fully saturated rings. The largest absolute Gasteiger partial charge is 0.493 e. The van der Waals surface area contributed by atoms with E-state index in [2.05, 4.69) is 15.3 Å². The Morgan fingerprint density at radius 2 is 1.77 bits per heavy atom. The molecule has 3 N–H and O–H groups in total. The zero-order valence-electron chi connectivity index (χ0n) is 16.8. The number of nitrogen functional groups attached to an aromatic ring is 1. The molecule has 0 saturated heterocycles. The average molecular weight is 402 g/mol. The molecule has 0 amide bonds. The molecule has 0 unspecified atom stereocenters. The smallest absolute Gasteiger partial charge is 0.169 e. The summed E-state index contributed by atoms with van der Waals surface area (Å²) in [5.74, 6) is 3.19. The maximum absolute atomic E-state index is 6.13. The summed E-state index contributed by atoms with van der Waals surface area (Å²) < 4.78 is 17.0. The number of rotatable bonds is 7. The second-order valence-corrected chi connectivity index (χ2v) is 6.47. The predicted octanol–water partition coefficient (Wildman–Crippen LogP) is 5.16. The molecule has 4 aromatic rings. The molecular formula is C23H22N4O3. The Morgan fingerprint density at radius 1 is 0.933 bits per heavy atom. The van der Waals surface area contributed by atoms with Gasteiger partial charge in [0.15, 0.2) is 11.5 Å². The van der Waals surface area contributed by atoms with Gasteiger partial charge in [0.25, 0.3) is 0 Å². The van der Waals surface area contributed by atoms with Gasteiger partial charge < -0.3 is 25.3 Å². The number of methoxy groups -OCH3 is 1. The summed E-state index contributed by atoms with van der Waals surface area (Å²) in [6.07, 6.45) is 1.50. The van der Waals surface area contributed by atoms with E-state index in [0.717, 1.165) is 22.3 Å². The minimum Gasteiger partial charge on any atom is -0.493 e. The average Bonchev–Trinajstić information content (AvgIpc) is 2.77. The van der Waals surface area contributed by atoms with Crippen molar-refractivity contribution in [3.05, 3.63) is 67.0 Å². The molecule has 0 radical (unpaired) electrons. The highest BCUT2D eigenvalue weighted by molar-refractivity contribution is 5.94. The molecule has 3 aromatic carbocycles. The Labute approximate surface area is 174 Å². The van der Waals surface area contributed by atoms with Gasteiger partial charge in [-0.1, -0.05) is 18.2 Å². The maximum atomic E-state index is 6.13. The van der Waals surface area contributed by atoms with Crippen LogP contribution < -0.4 is 25.3 Å². The number of para-hydroxylation sites is 1. The second-order valence-electron chi connectivity index (χ2n) is 6.47. The van der Waals surface area contributed by atoms with Gasteiger partial charge in [-0.2, -0.15) is 0 Å². The number of ether oxygens (including phenoxy) is 3. The lowest BCUT2D eigenvalue weighted by atomic mass is 10.2. The molecule has 4 rings (SSSR count). The summed E-state index contributed by atoms with van der Waals surface area (Å²) in [5, 5.41) is 4.10. The summed E-state index contributed by atoms with van der Waals surface area (Å²) in [7, 11) is 1.60. The monoisotopic (exact) mass is 402 g/mol. The van der Waals surface area contributed by atoms with E-state index >= 15 is 0 Å². The molecule has 7 heteroatoms. The van der Waals surface area contributed by atoms with Gasteiger partial charge >= 0.3 is 0 Å². The standard InChI is InChI=1S/C23H22N4O3/c1-3-29-21-13-19-17(12-18(21)24)23(26-14-25-19)27-15-9-10-20(22(11-15)28-2)30-16-7-5-4-6-8-16/h4-14H,3,24H2,1-2H3,(H,25,26,27). The number of anilines is 3. The van der Waals surface area contributed by atoms with E-state index in [-0.39, 0.29) is 0 Å². The zero-order valence-corrected chi connectivity index (χ0v) is 16.8. The first-order chi connectivity index (χ1) is 14.7. The van der Waals surface area contributed by atoms with Crippen LogP contribution in [0.15, 0.2) is 67.0 Å². The van der Waals surface area contributed by atoms with Crippen LogP contribution in [-0.2, 0) is 0 Å². The quantitative estimate of drug-likeness (QED) is 0.413. The lowest BCUT2D eigenvalue weighted by molar-refractivity contribution is 0.342. The SMILES string of the molecule is CCOc1cc2ncnc(Nc3ccc(Oc4ccccc4)c(OC)c3)c2cc1N. The fraction of sp³-hybridized carbons (Fsp3) is 0.130. The molecule has 0 bridgehead atoms. The van der Waals surface area contributed by atoms with E-state index in [1.807, 2.05) is 67.6 Å². The lowest BCUT2D eigenvalue weighted by Crippen LogP contribution is -2.00. The van der Waals surface area contributed by atoms with Crippen molar-refractivity contribution in [1.29, 1.82) is 0 Å². The first kappa shape index (κ1) is 19.3. The van der Waals surface area contributed by atoms with Crippen molar-refractivity contribution in [1.82, 2.24) is 9.97 Å². The number of hydrogen-bond donors (Lipinski definition) is 2. The van der Waals surface area contributed by atoms with E-state index < -0.39 is 0 Å². The van der Waals surface area contributed by atoms with Crippen LogP contribution in [0.25, 0.3) is 10.9 Å². The number of hydrogen-bond acceptors (Lipinski definition) is 7. The fourth-order valence-electron chi connectivity index (χ4n) is 3.06. The number of benzene rings is 3. The molecule has 0 spiro atoms. The highest BCUT2D eigenvalue weighted by atomic mass is 16.5. The molecular weight excluding hydrogens is 380 g/mol. The van der Waals surface area contributed by atoms with Crippen LogP contribution in [0, 0.1) is 0 Å². The van der Waals surface area contributed by atoms with E-state index in [1.54, 1.807) is 7.11 Å². The summed E-state index contributed by atoms with van der Waals surface area (Å²) in [4.78, 5) is 8.70. The van der Waals surface area contributed by atoms with Gasteiger partial charge in [-0.25, -0.2) is 9.97 Å². The van der Waals surface area contributed by atoms with Gasteiger partial charge in [0.2, 0.25) is 0 Å². The summed E-state index contributed by atoms with van der Waals surface area (Å²) in [6, 6.07) is 18.8. The van der Waals surface area contributed by atoms with Crippen molar-refractivity contribution in [2.45, 2.75) is 6.92 Å². The Hall–Kier alpha value is -4.00. The van der Waals surface area contributed by atoms with Crippen LogP contribution in [0.2, 0.25) is 0 Å². The van der Waals surface area contributed by atoms with Crippen molar-refractivity contribution in [3.8, 4) is 23.0 Å². The third kappa shape index (κ3) is 4.05. The Morgan fingerprint density at radius 3 is 2.53 bits per heavy atom. The van der Waals surface area contributed by atoms with E-state index in [4.69, 9.17) is 19.9 Å². The van der Waals surface area contributed by atoms with Crippen LogP contribution in [0.5, 0.6) is 23.0 Å². The van der Waals surface area contributed by atoms with Crippen molar-refractivity contribution >= 4 is 28.1 Å². The Bertz CT molecular complexity index is 1170. The number of aromatic nitrogens is 2. The van der Waals surface area contributed by atoms with Crippen molar-refractivity contribution in [2.75, 3.05) is 24.8 Å². The van der Waals surface area contributed by atoms with Gasteiger partial charge in [-0.05, 0) is 37.3 Å². The van der Waals surface area contributed by atoms with E-state index in [0.29, 0.717) is 35.4 Å². The van der Waals surface area contributed by atoms with Gasteiger partial charge in [-0.3, -0.25) is 0 Å². The van der Waals surface area contributed by atoms with Gasteiger partial charge in [0.1, 0.15) is 23.6 Å². The van der Waals surface area contributed by atoms with Crippen LogP contribution in [0.3, 0.4) is 0 Å². The first-order valence-corrected chi connectivity index (χ1v) is 9.53. The van der Waals surface area contributed by atoms with Crippen molar-refractivity contribution in [3.63, 3.8) is 0 Å². The maximum Gasteiger partial charge on any atom is 0.169 e. The molecule has 7 nitrogen and oxygen atoms in total. The van der Waals surface area contributed by atoms with E-state index in [9.17, 15) is 0 Å². The normalized spacial score (nSPS) is 10.6. The molecule has 0 aliphatic heterocycles. The summed E-state index contributed by atoms with van der Waals surface area (Å²) >= 11 is 0. The number of nitrogens with two attached hydrogens (primary N) is 1. The fourth-order valence-corrected chi connectivity index (χ4v) is 3.06. The highest BCUT2D eigenvalue weighted by Crippen LogP contribution is 2.36. The molecule has 1 aromatic heterocycles. The third-order valence-corrected chi connectivity index (χ3v) is 4.46. The van der Waals surface area contributed by atoms with E-state index in [1.165, 1.54) is 6.33 Å². The second kappa shape index (κ2) is 8.57. The summed E-state index contributed by atoms with van der Waals surface area (Å²) in [6.45, 7) is 2.44. The van der Waals surface area contributed by atoms with Gasteiger partial charge in [-0.15, -0.1) is 0 Å². The first-order valence-electron chi connectivity index (χ1n) is 9.53. The topological polar surface area (TPSA) is 91.5 Å². The minimum atomic E-state index is 0.531. The number of nitrogens with one attached hydrogen (secondary N) is 1. The predicted molar refractivity (Wildman–Crippen MR) is 118 cm³/mol. The molecule has 0 aliphatic carbocycles.